The van der Waals surface area contributed by atoms with Crippen LogP contribution in [-0.2, 0) is 0 Å². The first-order chi connectivity index (χ1) is 7.72. The Kier molecular flexibility index (Phi) is 3.43. The number of hydrogen-bond acceptors (Lipinski definition) is 5. The van der Waals surface area contributed by atoms with Crippen molar-refractivity contribution in [2.45, 2.75) is 44.7 Å². The van der Waals surface area contributed by atoms with Crippen LogP contribution in [0, 0.1) is 0 Å². The molecule has 16 heavy (non-hydrogen) atoms. The van der Waals surface area contributed by atoms with Crippen molar-refractivity contribution in [2.75, 3.05) is 19.0 Å². The molecule has 0 radical (unpaired) electrons. The highest BCUT2D eigenvalue weighted by Gasteiger charge is 2.24. The van der Waals surface area contributed by atoms with E-state index in [9.17, 15) is 0 Å². The quantitative estimate of drug-likeness (QED) is 0.844. The maximum Gasteiger partial charge on any atom is 0.318 e. The first kappa shape index (κ1) is 11.4. The van der Waals surface area contributed by atoms with E-state index in [4.69, 9.17) is 4.42 Å². The van der Waals surface area contributed by atoms with E-state index >= 15 is 0 Å². The van der Waals surface area contributed by atoms with Crippen molar-refractivity contribution < 1.29 is 4.42 Å². The van der Waals surface area contributed by atoms with Crippen LogP contribution in [0.15, 0.2) is 4.42 Å². The lowest BCUT2D eigenvalue weighted by Gasteiger charge is -2.21. The Morgan fingerprint density at radius 2 is 2.06 bits per heavy atom. The molecule has 1 aromatic rings. The van der Waals surface area contributed by atoms with Crippen LogP contribution in [0.5, 0.6) is 0 Å². The SMILES string of the molecule is CNC(C)c1nnc(N(C)C2CCCC2)o1. The van der Waals surface area contributed by atoms with Gasteiger partial charge in [0.25, 0.3) is 0 Å². The second-order valence-corrected chi connectivity index (χ2v) is 4.48. The van der Waals surface area contributed by atoms with Gasteiger partial charge in [-0.1, -0.05) is 17.9 Å². The molecule has 1 heterocycles. The number of rotatable bonds is 4. The molecule has 2 rings (SSSR count). The lowest BCUT2D eigenvalue weighted by Crippen LogP contribution is -2.29. The van der Waals surface area contributed by atoms with Gasteiger partial charge in [0.1, 0.15) is 0 Å². The first-order valence-electron chi connectivity index (χ1n) is 5.96. The summed E-state index contributed by atoms with van der Waals surface area (Å²) in [4.78, 5) is 2.12. The zero-order chi connectivity index (χ0) is 11.5. The molecule has 1 atom stereocenters. The molecule has 1 fully saturated rings. The van der Waals surface area contributed by atoms with Gasteiger partial charge >= 0.3 is 6.01 Å². The van der Waals surface area contributed by atoms with E-state index in [1.54, 1.807) is 0 Å². The van der Waals surface area contributed by atoms with Crippen LogP contribution in [0.1, 0.15) is 44.5 Å². The Morgan fingerprint density at radius 3 is 2.69 bits per heavy atom. The summed E-state index contributed by atoms with van der Waals surface area (Å²) in [6, 6.07) is 1.32. The van der Waals surface area contributed by atoms with E-state index in [1.807, 2.05) is 21.0 Å². The summed E-state index contributed by atoms with van der Waals surface area (Å²) >= 11 is 0. The average molecular weight is 224 g/mol. The zero-order valence-corrected chi connectivity index (χ0v) is 10.2. The molecule has 1 saturated carbocycles. The van der Waals surface area contributed by atoms with Crippen molar-refractivity contribution in [3.63, 3.8) is 0 Å². The highest BCUT2D eigenvalue weighted by Crippen LogP contribution is 2.26. The molecular formula is C11H20N4O. The van der Waals surface area contributed by atoms with Crippen LogP contribution in [0.3, 0.4) is 0 Å². The molecular weight excluding hydrogens is 204 g/mol. The Labute approximate surface area is 96.2 Å². The van der Waals surface area contributed by atoms with Crippen molar-refractivity contribution in [3.05, 3.63) is 5.89 Å². The molecule has 0 saturated heterocycles. The fraction of sp³-hybridized carbons (Fsp3) is 0.818. The minimum atomic E-state index is 0.109. The van der Waals surface area contributed by atoms with Crippen LogP contribution in [0.2, 0.25) is 0 Å². The Morgan fingerprint density at radius 1 is 1.38 bits per heavy atom. The zero-order valence-electron chi connectivity index (χ0n) is 10.2. The standard InChI is InChI=1S/C11H20N4O/c1-8(12-2)10-13-14-11(16-10)15(3)9-6-4-5-7-9/h8-9,12H,4-7H2,1-3H3. The molecule has 1 aliphatic rings. The Hall–Kier alpha value is -1.10. The third-order valence-corrected chi connectivity index (χ3v) is 3.41. The van der Waals surface area contributed by atoms with Gasteiger partial charge in [-0.05, 0) is 26.8 Å². The normalized spacial score (nSPS) is 18.9. The van der Waals surface area contributed by atoms with E-state index in [0.717, 1.165) is 0 Å². The second-order valence-electron chi connectivity index (χ2n) is 4.48. The molecule has 5 heteroatoms. The summed E-state index contributed by atoms with van der Waals surface area (Å²) in [6.07, 6.45) is 5.08. The predicted octanol–water partition coefficient (Wildman–Crippen LogP) is 1.73. The van der Waals surface area contributed by atoms with Crippen molar-refractivity contribution in [2.24, 2.45) is 0 Å². The molecule has 90 valence electrons. The molecule has 0 spiro atoms. The molecule has 1 aliphatic carbocycles. The highest BCUT2D eigenvalue weighted by atomic mass is 16.4. The van der Waals surface area contributed by atoms with E-state index in [-0.39, 0.29) is 6.04 Å². The maximum absolute atomic E-state index is 5.65. The summed E-state index contributed by atoms with van der Waals surface area (Å²) in [5, 5.41) is 11.2. The van der Waals surface area contributed by atoms with E-state index < -0.39 is 0 Å². The molecule has 0 aliphatic heterocycles. The van der Waals surface area contributed by atoms with Crippen LogP contribution >= 0.6 is 0 Å². The number of anilines is 1. The first-order valence-corrected chi connectivity index (χ1v) is 5.96. The van der Waals surface area contributed by atoms with Gasteiger partial charge < -0.3 is 14.6 Å². The fourth-order valence-electron chi connectivity index (χ4n) is 2.12. The summed E-state index contributed by atoms with van der Waals surface area (Å²) in [7, 11) is 3.92. The van der Waals surface area contributed by atoms with E-state index in [1.165, 1.54) is 25.7 Å². The van der Waals surface area contributed by atoms with Gasteiger partial charge in [-0.25, -0.2) is 0 Å². The van der Waals surface area contributed by atoms with Gasteiger partial charge in [0, 0.05) is 13.1 Å². The van der Waals surface area contributed by atoms with Crippen molar-refractivity contribution in [3.8, 4) is 0 Å². The number of nitrogens with one attached hydrogen (secondary N) is 1. The molecule has 0 amide bonds. The summed E-state index contributed by atoms with van der Waals surface area (Å²) in [6.45, 7) is 2.01. The smallest absolute Gasteiger partial charge is 0.318 e. The van der Waals surface area contributed by atoms with Crippen LogP contribution < -0.4 is 10.2 Å². The summed E-state index contributed by atoms with van der Waals surface area (Å²) in [5.41, 5.74) is 0. The van der Waals surface area contributed by atoms with Crippen LogP contribution in [0.4, 0.5) is 6.01 Å². The van der Waals surface area contributed by atoms with Gasteiger partial charge in [0.15, 0.2) is 0 Å². The minimum Gasteiger partial charge on any atom is -0.406 e. The average Bonchev–Trinajstić information content (AvgIpc) is 2.97. The largest absolute Gasteiger partial charge is 0.406 e. The molecule has 0 aromatic carbocycles. The van der Waals surface area contributed by atoms with Gasteiger partial charge in [0.2, 0.25) is 5.89 Å². The van der Waals surface area contributed by atoms with Crippen LogP contribution in [0.25, 0.3) is 0 Å². The third kappa shape index (κ3) is 2.19. The lowest BCUT2D eigenvalue weighted by molar-refractivity contribution is 0.424. The molecule has 1 N–H and O–H groups in total. The van der Waals surface area contributed by atoms with Crippen molar-refractivity contribution in [1.29, 1.82) is 0 Å². The Bertz CT molecular complexity index is 332. The fourth-order valence-corrected chi connectivity index (χ4v) is 2.12. The van der Waals surface area contributed by atoms with E-state index in [2.05, 4.69) is 20.4 Å². The molecule has 5 nitrogen and oxygen atoms in total. The second kappa shape index (κ2) is 4.82. The summed E-state index contributed by atoms with van der Waals surface area (Å²) in [5.74, 6) is 0.655. The molecule has 1 aromatic heterocycles. The summed E-state index contributed by atoms with van der Waals surface area (Å²) < 4.78 is 5.65. The van der Waals surface area contributed by atoms with Crippen molar-refractivity contribution in [1.82, 2.24) is 15.5 Å². The molecule has 0 bridgehead atoms. The third-order valence-electron chi connectivity index (χ3n) is 3.41. The number of nitrogens with zero attached hydrogens (tertiary/aromatic N) is 3. The monoisotopic (exact) mass is 224 g/mol. The topological polar surface area (TPSA) is 54.2 Å². The van der Waals surface area contributed by atoms with Crippen molar-refractivity contribution >= 4 is 6.01 Å². The van der Waals surface area contributed by atoms with Gasteiger partial charge in [-0.3, -0.25) is 0 Å². The van der Waals surface area contributed by atoms with Gasteiger partial charge in [-0.15, -0.1) is 5.10 Å². The Balaban J connectivity index is 2.05. The van der Waals surface area contributed by atoms with Gasteiger partial charge in [-0.2, -0.15) is 0 Å². The lowest BCUT2D eigenvalue weighted by atomic mass is 10.2. The highest BCUT2D eigenvalue weighted by molar-refractivity contribution is 5.25. The van der Waals surface area contributed by atoms with Gasteiger partial charge in [0.05, 0.1) is 6.04 Å². The van der Waals surface area contributed by atoms with E-state index in [0.29, 0.717) is 17.9 Å². The number of aromatic nitrogens is 2. The predicted molar refractivity (Wildman–Crippen MR) is 62.4 cm³/mol. The number of hydrogen-bond donors (Lipinski definition) is 1. The van der Waals surface area contributed by atoms with Crippen LogP contribution in [-0.4, -0.2) is 30.3 Å². The molecule has 1 unspecified atom stereocenters. The maximum atomic E-state index is 5.65. The minimum absolute atomic E-state index is 0.109.